The Balaban J connectivity index is 1.82. The first kappa shape index (κ1) is 17.3. The normalized spacial score (nSPS) is 12.3. The van der Waals surface area contributed by atoms with Gasteiger partial charge < -0.3 is 19.4 Å². The fraction of sp³-hybridized carbons (Fsp3) is 0.350. The highest BCUT2D eigenvalue weighted by atomic mass is 16.5. The predicted molar refractivity (Wildman–Crippen MR) is 100 cm³/mol. The van der Waals surface area contributed by atoms with Gasteiger partial charge in [0.05, 0.1) is 31.8 Å². The molecular weight excluding hydrogens is 314 g/mol. The smallest absolute Gasteiger partial charge is 0.123 e. The van der Waals surface area contributed by atoms with Crippen molar-refractivity contribution >= 4 is 11.0 Å². The number of aryl methyl sites for hydroxylation is 1. The van der Waals surface area contributed by atoms with Gasteiger partial charge >= 0.3 is 0 Å². The van der Waals surface area contributed by atoms with Crippen molar-refractivity contribution in [2.24, 2.45) is 0 Å². The maximum Gasteiger partial charge on any atom is 0.123 e. The molecule has 3 rings (SSSR count). The number of benzene rings is 2. The summed E-state index contributed by atoms with van der Waals surface area (Å²) in [5, 5.41) is 3.56. The lowest BCUT2D eigenvalue weighted by Crippen LogP contribution is -2.21. The zero-order chi connectivity index (χ0) is 17.8. The van der Waals surface area contributed by atoms with Crippen molar-refractivity contribution < 1.29 is 9.47 Å². The molecule has 3 aromatic rings. The van der Waals surface area contributed by atoms with Crippen LogP contribution in [0.4, 0.5) is 0 Å². The van der Waals surface area contributed by atoms with Crippen LogP contribution in [0.5, 0.6) is 11.5 Å². The molecule has 2 aromatic carbocycles. The van der Waals surface area contributed by atoms with Gasteiger partial charge in [-0.3, -0.25) is 0 Å². The minimum atomic E-state index is 0.107. The number of methoxy groups -OCH3 is 2. The predicted octanol–water partition coefficient (Wildman–Crippen LogP) is 3.92. The molecule has 1 N–H and O–H groups in total. The van der Waals surface area contributed by atoms with Crippen LogP contribution in [-0.4, -0.2) is 23.8 Å². The number of hydrogen-bond acceptors (Lipinski definition) is 4. The van der Waals surface area contributed by atoms with Crippen molar-refractivity contribution in [3.8, 4) is 11.5 Å². The Bertz CT molecular complexity index is 857. The zero-order valence-electron chi connectivity index (χ0n) is 15.2. The van der Waals surface area contributed by atoms with Crippen molar-refractivity contribution in [3.63, 3.8) is 0 Å². The van der Waals surface area contributed by atoms with E-state index in [-0.39, 0.29) is 6.04 Å². The Hall–Kier alpha value is -2.53. The first-order valence-electron chi connectivity index (χ1n) is 8.57. The van der Waals surface area contributed by atoms with E-state index in [2.05, 4.69) is 41.9 Å². The van der Waals surface area contributed by atoms with Crippen LogP contribution in [0.25, 0.3) is 11.0 Å². The summed E-state index contributed by atoms with van der Waals surface area (Å²) >= 11 is 0. The van der Waals surface area contributed by atoms with Crippen LogP contribution in [0.15, 0.2) is 42.5 Å². The summed E-state index contributed by atoms with van der Waals surface area (Å²) in [4.78, 5) is 4.77. The highest BCUT2D eigenvalue weighted by Gasteiger charge is 2.15. The van der Waals surface area contributed by atoms with Gasteiger partial charge in [-0.15, -0.1) is 0 Å². The van der Waals surface area contributed by atoms with Crippen molar-refractivity contribution in [1.82, 2.24) is 14.9 Å². The van der Waals surface area contributed by atoms with E-state index in [9.17, 15) is 0 Å². The third-order valence-electron chi connectivity index (χ3n) is 4.52. The van der Waals surface area contributed by atoms with Gasteiger partial charge in [-0.1, -0.05) is 12.1 Å². The van der Waals surface area contributed by atoms with Crippen molar-refractivity contribution in [2.75, 3.05) is 14.2 Å². The summed E-state index contributed by atoms with van der Waals surface area (Å²) < 4.78 is 13.1. The maximum absolute atomic E-state index is 5.49. The molecule has 25 heavy (non-hydrogen) atoms. The second-order valence-corrected chi connectivity index (χ2v) is 5.97. The minimum Gasteiger partial charge on any atom is -0.497 e. The first-order chi connectivity index (χ1) is 12.2. The van der Waals surface area contributed by atoms with Crippen LogP contribution < -0.4 is 14.8 Å². The number of nitrogens with zero attached hydrogens (tertiary/aromatic N) is 2. The van der Waals surface area contributed by atoms with E-state index < -0.39 is 0 Å². The fourth-order valence-electron chi connectivity index (χ4n) is 3.15. The van der Waals surface area contributed by atoms with Crippen molar-refractivity contribution in [1.29, 1.82) is 0 Å². The molecule has 5 heteroatoms. The molecule has 1 atom stereocenters. The summed E-state index contributed by atoms with van der Waals surface area (Å²) in [5.41, 5.74) is 3.28. The van der Waals surface area contributed by atoms with E-state index in [0.717, 1.165) is 34.9 Å². The molecule has 0 unspecified atom stereocenters. The van der Waals surface area contributed by atoms with Gasteiger partial charge in [0.15, 0.2) is 0 Å². The third kappa shape index (κ3) is 3.46. The molecule has 0 bridgehead atoms. The van der Waals surface area contributed by atoms with Crippen LogP contribution in [-0.2, 0) is 13.1 Å². The quantitative estimate of drug-likeness (QED) is 0.709. The molecule has 1 heterocycles. The monoisotopic (exact) mass is 339 g/mol. The Kier molecular flexibility index (Phi) is 5.24. The van der Waals surface area contributed by atoms with Gasteiger partial charge in [0.1, 0.15) is 17.3 Å². The van der Waals surface area contributed by atoms with Gasteiger partial charge in [0, 0.05) is 18.2 Å². The van der Waals surface area contributed by atoms with Crippen LogP contribution in [0, 0.1) is 0 Å². The lowest BCUT2D eigenvalue weighted by Gasteiger charge is -2.18. The molecule has 0 radical (unpaired) electrons. The number of ether oxygens (including phenoxy) is 2. The maximum atomic E-state index is 5.49. The second-order valence-electron chi connectivity index (χ2n) is 5.97. The molecule has 0 saturated heterocycles. The SMILES string of the molecule is CCn1c(CN[C@@H](C)c2cc(OC)ccc2OC)nc2ccccc21. The number of rotatable bonds is 7. The molecule has 0 aliphatic rings. The molecule has 0 amide bonds. The second kappa shape index (κ2) is 7.57. The molecule has 0 aliphatic heterocycles. The molecule has 0 spiro atoms. The molecule has 5 nitrogen and oxygen atoms in total. The number of nitrogens with one attached hydrogen (secondary N) is 1. The molecule has 0 saturated carbocycles. The lowest BCUT2D eigenvalue weighted by atomic mass is 10.1. The lowest BCUT2D eigenvalue weighted by molar-refractivity contribution is 0.391. The fourth-order valence-corrected chi connectivity index (χ4v) is 3.15. The molecule has 132 valence electrons. The number of hydrogen-bond donors (Lipinski definition) is 1. The highest BCUT2D eigenvalue weighted by molar-refractivity contribution is 5.75. The molecular formula is C20H25N3O2. The minimum absolute atomic E-state index is 0.107. The number of fused-ring (bicyclic) bond motifs is 1. The summed E-state index contributed by atoms with van der Waals surface area (Å²) in [6.07, 6.45) is 0. The third-order valence-corrected chi connectivity index (χ3v) is 4.52. The zero-order valence-corrected chi connectivity index (χ0v) is 15.2. The number of para-hydroxylation sites is 2. The van der Waals surface area contributed by atoms with Crippen LogP contribution >= 0.6 is 0 Å². The topological polar surface area (TPSA) is 48.3 Å². The molecule has 0 aliphatic carbocycles. The largest absolute Gasteiger partial charge is 0.497 e. The van der Waals surface area contributed by atoms with Crippen molar-refractivity contribution in [2.45, 2.75) is 33.0 Å². The Morgan fingerprint density at radius 1 is 1.12 bits per heavy atom. The van der Waals surface area contributed by atoms with Crippen LogP contribution in [0.3, 0.4) is 0 Å². The van der Waals surface area contributed by atoms with Gasteiger partial charge in [-0.25, -0.2) is 4.98 Å². The van der Waals surface area contributed by atoms with E-state index in [1.165, 1.54) is 5.52 Å². The van der Waals surface area contributed by atoms with Crippen LogP contribution in [0.1, 0.15) is 31.3 Å². The number of aromatic nitrogens is 2. The summed E-state index contributed by atoms with van der Waals surface area (Å²) in [6, 6.07) is 14.2. The van der Waals surface area contributed by atoms with E-state index >= 15 is 0 Å². The molecule has 1 aromatic heterocycles. The van der Waals surface area contributed by atoms with E-state index in [4.69, 9.17) is 14.5 Å². The van der Waals surface area contributed by atoms with E-state index in [1.807, 2.05) is 24.3 Å². The highest BCUT2D eigenvalue weighted by Crippen LogP contribution is 2.29. The van der Waals surface area contributed by atoms with Gasteiger partial charge in [-0.2, -0.15) is 0 Å². The van der Waals surface area contributed by atoms with Gasteiger partial charge in [0.2, 0.25) is 0 Å². The van der Waals surface area contributed by atoms with E-state index in [0.29, 0.717) is 6.54 Å². The van der Waals surface area contributed by atoms with Crippen molar-refractivity contribution in [3.05, 3.63) is 53.9 Å². The Morgan fingerprint density at radius 3 is 2.64 bits per heavy atom. The Morgan fingerprint density at radius 2 is 1.92 bits per heavy atom. The first-order valence-corrected chi connectivity index (χ1v) is 8.57. The van der Waals surface area contributed by atoms with E-state index in [1.54, 1.807) is 14.2 Å². The average molecular weight is 339 g/mol. The summed E-state index contributed by atoms with van der Waals surface area (Å²) in [5.74, 6) is 2.72. The standard InChI is InChI=1S/C20H25N3O2/c1-5-23-18-9-7-6-8-17(18)22-20(23)13-21-14(2)16-12-15(24-3)10-11-19(16)25-4/h6-12,14,21H,5,13H2,1-4H3/t14-/m0/s1. The van der Waals surface area contributed by atoms with Gasteiger partial charge in [-0.05, 0) is 44.2 Å². The van der Waals surface area contributed by atoms with Crippen LogP contribution in [0.2, 0.25) is 0 Å². The molecule has 0 fully saturated rings. The summed E-state index contributed by atoms with van der Waals surface area (Å²) in [6.45, 7) is 5.85. The number of imidazole rings is 1. The Labute approximate surface area is 148 Å². The summed E-state index contributed by atoms with van der Waals surface area (Å²) in [7, 11) is 3.36. The average Bonchev–Trinajstić information content (AvgIpc) is 3.02. The van der Waals surface area contributed by atoms with Gasteiger partial charge in [0.25, 0.3) is 0 Å².